The smallest absolute Gasteiger partial charge is 0.0546 e. The molecule has 0 amide bonds. The molecule has 2 heteroatoms. The van der Waals surface area contributed by atoms with Crippen LogP contribution < -0.4 is 9.80 Å². The van der Waals surface area contributed by atoms with Gasteiger partial charge in [-0.05, 0) is 213 Å². The molecule has 9 aromatic carbocycles. The van der Waals surface area contributed by atoms with Crippen molar-refractivity contribution in [3.63, 3.8) is 0 Å². The minimum absolute atomic E-state index is 0.274. The summed E-state index contributed by atoms with van der Waals surface area (Å²) in [5.74, 6) is 2.68. The molecule has 5 aliphatic rings. The highest BCUT2D eigenvalue weighted by atomic mass is 15.1. The molecule has 77 heavy (non-hydrogen) atoms. The molecule has 14 rings (SSSR count). The van der Waals surface area contributed by atoms with Crippen molar-refractivity contribution in [2.24, 2.45) is 0 Å². The number of hydrogen-bond donors (Lipinski definition) is 0. The molecule has 0 aromatic heterocycles. The molecule has 9 aromatic rings. The minimum Gasteiger partial charge on any atom is -0.310 e. The number of anilines is 6. The molecule has 0 atom stereocenters. The van der Waals surface area contributed by atoms with Crippen molar-refractivity contribution in [1.29, 1.82) is 0 Å². The van der Waals surface area contributed by atoms with Crippen molar-refractivity contribution in [3.8, 4) is 11.1 Å². The van der Waals surface area contributed by atoms with Crippen LogP contribution in [0.25, 0.3) is 43.4 Å². The van der Waals surface area contributed by atoms with Crippen molar-refractivity contribution in [3.05, 3.63) is 203 Å². The van der Waals surface area contributed by atoms with Gasteiger partial charge in [0.15, 0.2) is 0 Å². The van der Waals surface area contributed by atoms with Gasteiger partial charge in [-0.2, -0.15) is 0 Å². The van der Waals surface area contributed by atoms with Crippen LogP contribution in [-0.2, 0) is 5.41 Å². The fraction of sp³-hybridized carbons (Fsp3) is 0.360. The van der Waals surface area contributed by atoms with Gasteiger partial charge in [0.05, 0.1) is 5.69 Å². The lowest BCUT2D eigenvalue weighted by molar-refractivity contribution is 0.443. The van der Waals surface area contributed by atoms with Gasteiger partial charge in [0.2, 0.25) is 0 Å². The molecule has 0 saturated heterocycles. The predicted octanol–water partition coefficient (Wildman–Crippen LogP) is 22.6. The maximum atomic E-state index is 2.59. The molecule has 4 fully saturated rings. The predicted molar refractivity (Wildman–Crippen MR) is 329 cm³/mol. The highest BCUT2D eigenvalue weighted by Crippen LogP contribution is 2.59. The van der Waals surface area contributed by atoms with E-state index >= 15 is 0 Å². The van der Waals surface area contributed by atoms with E-state index in [0.717, 1.165) is 0 Å². The molecule has 0 heterocycles. The number of rotatable bonds is 10. The van der Waals surface area contributed by atoms with Gasteiger partial charge < -0.3 is 9.80 Å². The Balaban J connectivity index is 0.929. The largest absolute Gasteiger partial charge is 0.310 e. The Morgan fingerprint density at radius 1 is 0.299 bits per heavy atom. The van der Waals surface area contributed by atoms with Crippen LogP contribution in [0.4, 0.5) is 34.1 Å². The van der Waals surface area contributed by atoms with E-state index in [1.165, 1.54) is 239 Å². The first kappa shape index (κ1) is 48.7. The molecule has 0 N–H and O–H groups in total. The molecule has 0 spiro atoms. The van der Waals surface area contributed by atoms with Crippen LogP contribution in [0.1, 0.15) is 199 Å². The molecule has 2 nitrogen and oxygen atoms in total. The average Bonchev–Trinajstić information content (AvgIpc) is 4.03. The van der Waals surface area contributed by atoms with Gasteiger partial charge in [-0.15, -0.1) is 0 Å². The van der Waals surface area contributed by atoms with Crippen LogP contribution in [-0.4, -0.2) is 0 Å². The fourth-order valence-corrected chi connectivity index (χ4v) is 16.0. The first-order valence-corrected chi connectivity index (χ1v) is 30.5. The second-order valence-corrected chi connectivity index (χ2v) is 24.9. The van der Waals surface area contributed by atoms with E-state index in [4.69, 9.17) is 0 Å². The van der Waals surface area contributed by atoms with Crippen LogP contribution in [0, 0.1) is 0 Å². The normalized spacial score (nSPS) is 18.4. The third-order valence-electron chi connectivity index (χ3n) is 20.0. The fourth-order valence-electron chi connectivity index (χ4n) is 16.0. The minimum atomic E-state index is -0.274. The Morgan fingerprint density at radius 2 is 0.649 bits per heavy atom. The molecule has 0 bridgehead atoms. The zero-order valence-corrected chi connectivity index (χ0v) is 46.0. The summed E-state index contributed by atoms with van der Waals surface area (Å²) in [6, 6.07) is 67.7. The Hall–Kier alpha value is -6.64. The number of hydrogen-bond acceptors (Lipinski definition) is 2. The van der Waals surface area contributed by atoms with Gasteiger partial charge in [0.25, 0.3) is 0 Å². The third kappa shape index (κ3) is 8.87. The quantitative estimate of drug-likeness (QED) is 0.126. The van der Waals surface area contributed by atoms with E-state index in [0.29, 0.717) is 23.7 Å². The molecule has 0 radical (unpaired) electrons. The van der Waals surface area contributed by atoms with E-state index in [-0.39, 0.29) is 5.41 Å². The SMILES string of the molecule is CC1(C)c2c(cc(N(c3ccc(C4CCCCC4)cc3)c3ccc(C4CCCCC4)cc3)c3ccccc23)-c2c1c1ccc(N(c3ccc(C4CCCCC4)cc3)c3ccc(C4CCCCC4)cc3)cc1c1ccccc21. The zero-order valence-electron chi connectivity index (χ0n) is 46.0. The lowest BCUT2D eigenvalue weighted by Gasteiger charge is -2.31. The average molecular weight is 1010 g/mol. The summed E-state index contributed by atoms with van der Waals surface area (Å²) in [6.07, 6.45) is 26.8. The standard InChI is InChI=1S/C75H78N2/c1-75(2)73-67-30-18-16-28-65(67)71(77(61-43-35-57(36-44-61)53-23-11-5-12-24-53)62-45-37-58(38-46-62)54-25-13-6-14-26-54)50-70(73)72-66-29-17-15-27-64(66)69-49-63(47-48-68(69)74(72)75)76(59-39-31-55(32-40-59)51-19-7-3-8-20-51)60-41-33-56(34-42-60)52-21-9-4-10-22-52/h15-18,27-54H,3-14,19-26H2,1-2H3. The first-order valence-electron chi connectivity index (χ1n) is 30.5. The maximum Gasteiger partial charge on any atom is 0.0546 e. The van der Waals surface area contributed by atoms with Crippen molar-refractivity contribution in [2.75, 3.05) is 9.80 Å². The molecular weight excluding hydrogens is 929 g/mol. The molecular formula is C75H78N2. The van der Waals surface area contributed by atoms with E-state index in [1.807, 2.05) is 0 Å². The van der Waals surface area contributed by atoms with Crippen molar-refractivity contribution >= 4 is 66.4 Å². The van der Waals surface area contributed by atoms with Crippen LogP contribution in [0.15, 0.2) is 170 Å². The lowest BCUT2D eigenvalue weighted by atomic mass is 9.77. The summed E-state index contributed by atoms with van der Waals surface area (Å²) in [4.78, 5) is 5.13. The van der Waals surface area contributed by atoms with Crippen molar-refractivity contribution in [2.45, 2.75) is 171 Å². The topological polar surface area (TPSA) is 6.48 Å². The van der Waals surface area contributed by atoms with Crippen molar-refractivity contribution in [1.82, 2.24) is 0 Å². The molecule has 0 unspecified atom stereocenters. The van der Waals surface area contributed by atoms with E-state index in [2.05, 4.69) is 194 Å². The monoisotopic (exact) mass is 1010 g/mol. The molecule has 4 saturated carbocycles. The first-order chi connectivity index (χ1) is 38.0. The van der Waals surface area contributed by atoms with Crippen LogP contribution in [0.5, 0.6) is 0 Å². The van der Waals surface area contributed by atoms with Gasteiger partial charge in [-0.25, -0.2) is 0 Å². The van der Waals surface area contributed by atoms with E-state index < -0.39 is 0 Å². The summed E-state index contributed by atoms with van der Waals surface area (Å²) in [6.45, 7) is 5.01. The zero-order chi connectivity index (χ0) is 51.5. The summed E-state index contributed by atoms with van der Waals surface area (Å²) in [5.41, 5.74) is 18.7. The van der Waals surface area contributed by atoms with E-state index in [1.54, 1.807) is 0 Å². The van der Waals surface area contributed by atoms with Gasteiger partial charge in [-0.1, -0.05) is 194 Å². The van der Waals surface area contributed by atoms with Crippen LogP contribution >= 0.6 is 0 Å². The third-order valence-corrected chi connectivity index (χ3v) is 20.0. The maximum absolute atomic E-state index is 2.59. The molecule has 0 aliphatic heterocycles. The summed E-state index contributed by atoms with van der Waals surface area (Å²) in [7, 11) is 0. The van der Waals surface area contributed by atoms with Crippen LogP contribution in [0.3, 0.4) is 0 Å². The number of nitrogens with zero attached hydrogens (tertiary/aromatic N) is 2. The Bertz CT molecular complexity index is 3440. The second-order valence-electron chi connectivity index (χ2n) is 24.9. The summed E-state index contributed by atoms with van der Waals surface area (Å²) >= 11 is 0. The van der Waals surface area contributed by atoms with E-state index in [9.17, 15) is 0 Å². The molecule has 5 aliphatic carbocycles. The van der Waals surface area contributed by atoms with Gasteiger partial charge >= 0.3 is 0 Å². The second kappa shape index (κ2) is 20.6. The highest BCUT2D eigenvalue weighted by Gasteiger charge is 2.41. The Kier molecular flexibility index (Phi) is 13.0. The number of benzene rings is 9. The lowest BCUT2D eigenvalue weighted by Crippen LogP contribution is -2.17. The summed E-state index contributed by atoms with van der Waals surface area (Å²) < 4.78 is 0. The van der Waals surface area contributed by atoms with Crippen molar-refractivity contribution < 1.29 is 0 Å². The summed E-state index contributed by atoms with van der Waals surface area (Å²) in [5, 5.41) is 7.97. The Labute approximate surface area is 459 Å². The molecule has 388 valence electrons. The van der Waals surface area contributed by atoms with Gasteiger partial charge in [0.1, 0.15) is 0 Å². The highest BCUT2D eigenvalue weighted by molar-refractivity contribution is 6.21. The van der Waals surface area contributed by atoms with Crippen LogP contribution in [0.2, 0.25) is 0 Å². The van der Waals surface area contributed by atoms with Gasteiger partial charge in [-0.3, -0.25) is 0 Å². The Morgan fingerprint density at radius 3 is 1.08 bits per heavy atom. The van der Waals surface area contributed by atoms with Gasteiger partial charge in [0, 0.05) is 39.2 Å². The number of fused-ring (bicyclic) bond motifs is 10.